The zero-order chi connectivity index (χ0) is 18.4. The fourth-order valence-electron chi connectivity index (χ4n) is 2.59. The Balaban J connectivity index is 1.85. The van der Waals surface area contributed by atoms with E-state index in [0.29, 0.717) is 11.5 Å². The van der Waals surface area contributed by atoms with E-state index >= 15 is 0 Å². The molecule has 0 radical (unpaired) electrons. The molecule has 0 bridgehead atoms. The summed E-state index contributed by atoms with van der Waals surface area (Å²) in [6, 6.07) is 5.49. The van der Waals surface area contributed by atoms with Crippen LogP contribution in [0.25, 0.3) is 0 Å². The molecule has 1 saturated heterocycles. The minimum atomic E-state index is -0.254. The number of amides is 3. The fraction of sp³-hybridized carbons (Fsp3) is 0.471. The van der Waals surface area contributed by atoms with Crippen LogP contribution in [0.1, 0.15) is 24.8 Å². The van der Waals surface area contributed by atoms with Crippen LogP contribution < -0.4 is 14.8 Å². The standard InChI is InChI=1S/C17H22N2O5S/c1-11(13-5-4-12(23-2)9-14(13)24-3)8-15(20)18-6-7-19-16(21)10-25-17(19)22/h4-5,9,11H,6-8,10H2,1-3H3,(H,18,20). The molecule has 1 fully saturated rings. The van der Waals surface area contributed by atoms with Gasteiger partial charge in [0.25, 0.3) is 5.24 Å². The molecule has 136 valence electrons. The van der Waals surface area contributed by atoms with Crippen LogP contribution in [0.4, 0.5) is 4.79 Å². The molecular formula is C17H22N2O5S. The van der Waals surface area contributed by atoms with Gasteiger partial charge in [-0.3, -0.25) is 19.3 Å². The van der Waals surface area contributed by atoms with E-state index in [1.165, 1.54) is 4.90 Å². The van der Waals surface area contributed by atoms with Crippen molar-refractivity contribution in [2.75, 3.05) is 33.1 Å². The number of hydrogen-bond donors (Lipinski definition) is 1. The summed E-state index contributed by atoms with van der Waals surface area (Å²) in [6.07, 6.45) is 0.277. The van der Waals surface area contributed by atoms with Gasteiger partial charge in [-0.2, -0.15) is 0 Å². The molecular weight excluding hydrogens is 344 g/mol. The summed E-state index contributed by atoms with van der Waals surface area (Å²) in [5.41, 5.74) is 0.916. The molecule has 1 aliphatic rings. The Kier molecular flexibility index (Phi) is 6.69. The summed E-state index contributed by atoms with van der Waals surface area (Å²) in [4.78, 5) is 36.3. The van der Waals surface area contributed by atoms with Crippen LogP contribution in [-0.4, -0.2) is 55.0 Å². The van der Waals surface area contributed by atoms with Crippen molar-refractivity contribution in [2.24, 2.45) is 0 Å². The number of imide groups is 1. The second-order valence-corrected chi connectivity index (χ2v) is 6.59. The van der Waals surface area contributed by atoms with E-state index in [4.69, 9.17) is 9.47 Å². The summed E-state index contributed by atoms with van der Waals surface area (Å²) < 4.78 is 10.5. The van der Waals surface area contributed by atoms with E-state index < -0.39 is 0 Å². The van der Waals surface area contributed by atoms with E-state index in [9.17, 15) is 14.4 Å². The third kappa shape index (κ3) is 4.88. The van der Waals surface area contributed by atoms with Crippen molar-refractivity contribution in [3.05, 3.63) is 23.8 Å². The molecule has 1 aliphatic heterocycles. The second-order valence-electron chi connectivity index (χ2n) is 5.66. The Morgan fingerprint density at radius 2 is 2.08 bits per heavy atom. The van der Waals surface area contributed by atoms with Crippen molar-refractivity contribution in [2.45, 2.75) is 19.3 Å². The predicted octanol–water partition coefficient (Wildman–Crippen LogP) is 2.01. The lowest BCUT2D eigenvalue weighted by Crippen LogP contribution is -2.37. The largest absolute Gasteiger partial charge is 0.497 e. The van der Waals surface area contributed by atoms with Gasteiger partial charge in [0, 0.05) is 25.6 Å². The van der Waals surface area contributed by atoms with Crippen LogP contribution in [0, 0.1) is 0 Å². The van der Waals surface area contributed by atoms with Gasteiger partial charge < -0.3 is 14.8 Å². The highest BCUT2D eigenvalue weighted by Gasteiger charge is 2.29. The molecule has 1 aromatic rings. The zero-order valence-corrected chi connectivity index (χ0v) is 15.4. The van der Waals surface area contributed by atoms with Gasteiger partial charge in [-0.15, -0.1) is 0 Å². The van der Waals surface area contributed by atoms with Crippen LogP contribution in [0.5, 0.6) is 11.5 Å². The SMILES string of the molecule is COc1ccc(C(C)CC(=O)NCCN2C(=O)CSC2=O)c(OC)c1. The molecule has 1 N–H and O–H groups in total. The van der Waals surface area contributed by atoms with Crippen LogP contribution in [0.3, 0.4) is 0 Å². The molecule has 1 unspecified atom stereocenters. The summed E-state index contributed by atoms with van der Waals surface area (Å²) in [6.45, 7) is 2.40. The van der Waals surface area contributed by atoms with Gasteiger partial charge in [-0.1, -0.05) is 24.8 Å². The molecule has 1 atom stereocenters. The quantitative estimate of drug-likeness (QED) is 0.758. The molecule has 2 rings (SSSR count). The molecule has 1 aromatic carbocycles. The number of ether oxygens (including phenoxy) is 2. The number of benzene rings is 1. The van der Waals surface area contributed by atoms with Gasteiger partial charge in [0.2, 0.25) is 11.8 Å². The average molecular weight is 366 g/mol. The summed E-state index contributed by atoms with van der Waals surface area (Å²) >= 11 is 0.988. The number of carbonyl (C=O) groups excluding carboxylic acids is 3. The molecule has 0 spiro atoms. The van der Waals surface area contributed by atoms with Crippen molar-refractivity contribution in [3.8, 4) is 11.5 Å². The maximum atomic E-state index is 12.1. The lowest BCUT2D eigenvalue weighted by atomic mass is 9.96. The Morgan fingerprint density at radius 1 is 1.32 bits per heavy atom. The van der Waals surface area contributed by atoms with Gasteiger partial charge in [-0.05, 0) is 17.5 Å². The monoisotopic (exact) mass is 366 g/mol. The highest BCUT2D eigenvalue weighted by Crippen LogP contribution is 2.32. The molecule has 0 saturated carbocycles. The van der Waals surface area contributed by atoms with E-state index in [2.05, 4.69) is 5.32 Å². The van der Waals surface area contributed by atoms with Gasteiger partial charge in [0.05, 0.1) is 20.0 Å². The molecule has 25 heavy (non-hydrogen) atoms. The maximum Gasteiger partial charge on any atom is 0.288 e. The van der Waals surface area contributed by atoms with Crippen molar-refractivity contribution in [1.29, 1.82) is 0 Å². The number of thioether (sulfide) groups is 1. The fourth-order valence-corrected chi connectivity index (χ4v) is 3.34. The Morgan fingerprint density at radius 3 is 2.68 bits per heavy atom. The minimum Gasteiger partial charge on any atom is -0.497 e. The number of nitrogens with one attached hydrogen (secondary N) is 1. The lowest BCUT2D eigenvalue weighted by Gasteiger charge is -2.17. The Labute approximate surface area is 151 Å². The van der Waals surface area contributed by atoms with Gasteiger partial charge >= 0.3 is 0 Å². The van der Waals surface area contributed by atoms with Crippen LogP contribution in [-0.2, 0) is 9.59 Å². The normalized spacial score (nSPS) is 15.2. The van der Waals surface area contributed by atoms with Gasteiger partial charge in [0.1, 0.15) is 11.5 Å². The number of nitrogens with zero attached hydrogens (tertiary/aromatic N) is 1. The van der Waals surface area contributed by atoms with Gasteiger partial charge in [0.15, 0.2) is 0 Å². The smallest absolute Gasteiger partial charge is 0.288 e. The number of carbonyl (C=O) groups is 3. The molecule has 3 amide bonds. The van der Waals surface area contributed by atoms with Crippen LogP contribution in [0.2, 0.25) is 0 Å². The topological polar surface area (TPSA) is 84.9 Å². The van der Waals surface area contributed by atoms with Crippen molar-refractivity contribution < 1.29 is 23.9 Å². The van der Waals surface area contributed by atoms with E-state index in [1.807, 2.05) is 19.1 Å². The predicted molar refractivity (Wildman–Crippen MR) is 95.2 cm³/mol. The average Bonchev–Trinajstić information content (AvgIpc) is 2.92. The maximum absolute atomic E-state index is 12.1. The van der Waals surface area contributed by atoms with E-state index in [-0.39, 0.29) is 48.2 Å². The van der Waals surface area contributed by atoms with Crippen LogP contribution >= 0.6 is 11.8 Å². The summed E-state index contributed by atoms with van der Waals surface area (Å²) in [5.74, 6) is 1.14. The Bertz CT molecular complexity index is 648. The van der Waals surface area contributed by atoms with E-state index in [0.717, 1.165) is 17.3 Å². The first kappa shape index (κ1) is 19.1. The highest BCUT2D eigenvalue weighted by molar-refractivity contribution is 8.14. The van der Waals surface area contributed by atoms with Gasteiger partial charge in [-0.25, -0.2) is 0 Å². The first-order valence-corrected chi connectivity index (χ1v) is 8.90. The lowest BCUT2D eigenvalue weighted by molar-refractivity contribution is -0.125. The zero-order valence-electron chi connectivity index (χ0n) is 14.5. The minimum absolute atomic E-state index is 0.0496. The highest BCUT2D eigenvalue weighted by atomic mass is 32.2. The van der Waals surface area contributed by atoms with E-state index in [1.54, 1.807) is 20.3 Å². The number of methoxy groups -OCH3 is 2. The molecule has 0 aliphatic carbocycles. The van der Waals surface area contributed by atoms with Crippen LogP contribution in [0.15, 0.2) is 18.2 Å². The molecule has 0 aromatic heterocycles. The molecule has 7 nitrogen and oxygen atoms in total. The van der Waals surface area contributed by atoms with Crippen molar-refractivity contribution in [3.63, 3.8) is 0 Å². The number of hydrogen-bond acceptors (Lipinski definition) is 6. The summed E-state index contributed by atoms with van der Waals surface area (Å²) in [5, 5.41) is 2.50. The van der Waals surface area contributed by atoms with Crippen molar-refractivity contribution in [1.82, 2.24) is 10.2 Å². The second kappa shape index (κ2) is 8.75. The Hall–Kier alpha value is -2.22. The summed E-state index contributed by atoms with van der Waals surface area (Å²) in [7, 11) is 3.16. The molecule has 1 heterocycles. The third-order valence-electron chi connectivity index (χ3n) is 3.96. The first-order valence-electron chi connectivity index (χ1n) is 7.92. The third-order valence-corrected chi connectivity index (χ3v) is 4.82. The van der Waals surface area contributed by atoms with Crippen molar-refractivity contribution >= 4 is 28.8 Å². The number of rotatable bonds is 8. The first-order chi connectivity index (χ1) is 12.0. The molecule has 8 heteroatoms.